The van der Waals surface area contributed by atoms with Crippen LogP contribution in [-0.4, -0.2) is 41.8 Å². The Hall–Kier alpha value is -0.800. The summed E-state index contributed by atoms with van der Waals surface area (Å²) in [6.45, 7) is 11.8. The number of Topliss-reactive ketones (excluding diaryl/α,β-unsaturated/α-hetero) is 1. The average molecular weight is 332 g/mol. The van der Waals surface area contributed by atoms with Crippen molar-refractivity contribution >= 4 is 17.5 Å². The number of carbonyl (C=O) groups excluding carboxylic acids is 1. The van der Waals surface area contributed by atoms with E-state index in [9.17, 15) is 4.79 Å². The third-order valence-corrected chi connectivity index (χ3v) is 6.56. The van der Waals surface area contributed by atoms with Crippen molar-refractivity contribution in [3.05, 3.63) is 34.4 Å². The zero-order valence-electron chi connectivity index (χ0n) is 14.9. The van der Waals surface area contributed by atoms with Gasteiger partial charge in [-0.1, -0.05) is 24.6 Å². The molecule has 0 N–H and O–H groups in total. The van der Waals surface area contributed by atoms with Crippen molar-refractivity contribution in [3.63, 3.8) is 0 Å². The molecule has 0 aromatic heterocycles. The van der Waals surface area contributed by atoms with Crippen LogP contribution in [-0.2, 0) is 10.2 Å². The second-order valence-corrected chi connectivity index (χ2v) is 9.02. The second kappa shape index (κ2) is 6.60. The van der Waals surface area contributed by atoms with E-state index in [0.717, 1.165) is 25.9 Å². The molecule has 3 rings (SSSR count). The van der Waals surface area contributed by atoms with Gasteiger partial charge in [0.2, 0.25) is 0 Å². The molecule has 3 heteroatoms. The minimum Gasteiger partial charge on any atom is -0.298 e. The molecule has 126 valence electrons. The van der Waals surface area contributed by atoms with E-state index < -0.39 is 0 Å². The molecule has 1 aliphatic heterocycles. The fourth-order valence-electron chi connectivity index (χ4n) is 4.70. The minimum absolute atomic E-state index is 0.194. The highest BCUT2D eigenvalue weighted by molar-refractivity contribution is 7.99. The van der Waals surface area contributed by atoms with Crippen LogP contribution in [0, 0.1) is 26.7 Å². The van der Waals surface area contributed by atoms with E-state index in [1.165, 1.54) is 33.8 Å². The number of thioether (sulfide) groups is 1. The lowest BCUT2D eigenvalue weighted by Gasteiger charge is -2.47. The summed E-state index contributed by atoms with van der Waals surface area (Å²) in [6.07, 6.45) is 2.05. The number of rotatable bonds is 4. The Labute approximate surface area is 145 Å². The number of benzene rings is 1. The Morgan fingerprint density at radius 2 is 1.74 bits per heavy atom. The van der Waals surface area contributed by atoms with E-state index in [1.807, 2.05) is 11.8 Å². The Kier molecular flexibility index (Phi) is 4.89. The van der Waals surface area contributed by atoms with Crippen molar-refractivity contribution < 1.29 is 4.79 Å². The first-order chi connectivity index (χ1) is 10.9. The molecule has 1 aliphatic carbocycles. The van der Waals surface area contributed by atoms with Gasteiger partial charge < -0.3 is 0 Å². The summed E-state index contributed by atoms with van der Waals surface area (Å²) in [6, 6.07) is 4.57. The van der Waals surface area contributed by atoms with Crippen LogP contribution in [0.5, 0.6) is 0 Å². The lowest BCUT2D eigenvalue weighted by atomic mass is 9.57. The number of nitrogens with zero attached hydrogens (tertiary/aromatic N) is 1. The van der Waals surface area contributed by atoms with E-state index in [1.54, 1.807) is 0 Å². The molecule has 0 amide bonds. The summed E-state index contributed by atoms with van der Waals surface area (Å²) in [7, 11) is 0. The predicted octanol–water partition coefficient (Wildman–Crippen LogP) is 3.90. The molecule has 23 heavy (non-hydrogen) atoms. The van der Waals surface area contributed by atoms with Gasteiger partial charge in [-0.15, -0.1) is 0 Å². The molecule has 0 atom stereocenters. The van der Waals surface area contributed by atoms with Gasteiger partial charge in [0, 0.05) is 30.5 Å². The molecule has 2 fully saturated rings. The van der Waals surface area contributed by atoms with Gasteiger partial charge in [-0.2, -0.15) is 11.8 Å². The summed E-state index contributed by atoms with van der Waals surface area (Å²) in [5, 5.41) is 0. The molecule has 0 bridgehead atoms. The Balaban J connectivity index is 1.64. The van der Waals surface area contributed by atoms with E-state index in [2.05, 4.69) is 44.7 Å². The number of carbonyl (C=O) groups is 1. The summed E-state index contributed by atoms with van der Waals surface area (Å²) < 4.78 is 0. The van der Waals surface area contributed by atoms with Crippen LogP contribution in [0.2, 0.25) is 0 Å². The van der Waals surface area contributed by atoms with Gasteiger partial charge in [0.15, 0.2) is 0 Å². The highest BCUT2D eigenvalue weighted by Gasteiger charge is 2.46. The lowest BCUT2D eigenvalue weighted by molar-refractivity contribution is -0.128. The fourth-order valence-corrected chi connectivity index (χ4v) is 5.68. The minimum atomic E-state index is 0.194. The maximum absolute atomic E-state index is 12.6. The van der Waals surface area contributed by atoms with E-state index >= 15 is 0 Å². The zero-order chi connectivity index (χ0) is 16.6. The summed E-state index contributed by atoms with van der Waals surface area (Å²) in [5.41, 5.74) is 5.80. The maximum Gasteiger partial charge on any atom is 0.149 e. The topological polar surface area (TPSA) is 20.3 Å². The number of hydrogen-bond acceptors (Lipinski definition) is 3. The first-order valence-corrected chi connectivity index (χ1v) is 9.96. The number of hydrogen-bond donors (Lipinski definition) is 0. The molecule has 2 nitrogen and oxygen atoms in total. The molecule has 1 aromatic rings. The summed E-state index contributed by atoms with van der Waals surface area (Å²) in [4.78, 5) is 14.9. The van der Waals surface area contributed by atoms with Crippen molar-refractivity contribution in [3.8, 4) is 0 Å². The van der Waals surface area contributed by atoms with Gasteiger partial charge in [0.1, 0.15) is 5.78 Å². The molecule has 0 spiro atoms. The molecule has 2 aliphatic rings. The Morgan fingerprint density at radius 1 is 1.17 bits per heavy atom. The van der Waals surface area contributed by atoms with Gasteiger partial charge in [-0.05, 0) is 55.7 Å². The quantitative estimate of drug-likeness (QED) is 0.834. The van der Waals surface area contributed by atoms with Crippen LogP contribution >= 0.6 is 11.8 Å². The lowest BCUT2D eigenvalue weighted by Crippen LogP contribution is -2.47. The normalized spacial score (nSPS) is 28.4. The van der Waals surface area contributed by atoms with Crippen LogP contribution in [0.3, 0.4) is 0 Å². The molecule has 0 radical (unpaired) electrons. The van der Waals surface area contributed by atoms with Crippen LogP contribution in [0.1, 0.15) is 42.0 Å². The van der Waals surface area contributed by atoms with Crippen molar-refractivity contribution in [1.82, 2.24) is 4.90 Å². The highest BCUT2D eigenvalue weighted by atomic mass is 32.2. The van der Waals surface area contributed by atoms with Crippen LogP contribution in [0.4, 0.5) is 0 Å². The predicted molar refractivity (Wildman–Crippen MR) is 99.5 cm³/mol. The van der Waals surface area contributed by atoms with Crippen molar-refractivity contribution in [2.24, 2.45) is 5.92 Å². The van der Waals surface area contributed by atoms with Crippen LogP contribution < -0.4 is 0 Å². The van der Waals surface area contributed by atoms with E-state index in [0.29, 0.717) is 12.3 Å². The van der Waals surface area contributed by atoms with Gasteiger partial charge in [-0.25, -0.2) is 0 Å². The molecule has 1 saturated heterocycles. The second-order valence-electron chi connectivity index (χ2n) is 7.79. The SMILES string of the molecule is Cc1cc(C)c(C2(C)CC(C(=O)CN3CCSCC3)C2)c(C)c1. The first-order valence-electron chi connectivity index (χ1n) is 8.80. The largest absolute Gasteiger partial charge is 0.298 e. The smallest absolute Gasteiger partial charge is 0.149 e. The van der Waals surface area contributed by atoms with Gasteiger partial charge >= 0.3 is 0 Å². The van der Waals surface area contributed by atoms with Gasteiger partial charge in [0.25, 0.3) is 0 Å². The standard InChI is InChI=1S/C20H29NOS/c1-14-9-15(2)19(16(3)10-14)20(4)11-17(12-20)18(22)13-21-5-7-23-8-6-21/h9-10,17H,5-8,11-13H2,1-4H3. The van der Waals surface area contributed by atoms with Crippen LogP contribution in [0.25, 0.3) is 0 Å². The Morgan fingerprint density at radius 3 is 2.30 bits per heavy atom. The monoisotopic (exact) mass is 331 g/mol. The van der Waals surface area contributed by atoms with Crippen LogP contribution in [0.15, 0.2) is 12.1 Å². The van der Waals surface area contributed by atoms with Crippen molar-refractivity contribution in [2.75, 3.05) is 31.1 Å². The molecule has 1 heterocycles. The number of aryl methyl sites for hydroxylation is 3. The number of ketones is 1. The first kappa shape index (κ1) is 17.0. The molecule has 0 unspecified atom stereocenters. The van der Waals surface area contributed by atoms with Gasteiger partial charge in [0.05, 0.1) is 6.54 Å². The zero-order valence-corrected chi connectivity index (χ0v) is 15.8. The molecule has 1 saturated carbocycles. The average Bonchev–Trinajstić information content (AvgIpc) is 2.44. The fraction of sp³-hybridized carbons (Fsp3) is 0.650. The van der Waals surface area contributed by atoms with Gasteiger partial charge in [-0.3, -0.25) is 9.69 Å². The molecule has 1 aromatic carbocycles. The molecular weight excluding hydrogens is 302 g/mol. The maximum atomic E-state index is 12.6. The summed E-state index contributed by atoms with van der Waals surface area (Å²) >= 11 is 2.00. The van der Waals surface area contributed by atoms with Crippen molar-refractivity contribution in [2.45, 2.75) is 46.0 Å². The summed E-state index contributed by atoms with van der Waals surface area (Å²) in [5.74, 6) is 3.10. The van der Waals surface area contributed by atoms with Crippen molar-refractivity contribution in [1.29, 1.82) is 0 Å². The third-order valence-electron chi connectivity index (χ3n) is 5.61. The molecular formula is C20H29NOS. The Bertz CT molecular complexity index is 575. The van der Waals surface area contributed by atoms with E-state index in [-0.39, 0.29) is 11.3 Å². The van der Waals surface area contributed by atoms with E-state index in [4.69, 9.17) is 0 Å². The highest BCUT2D eigenvalue weighted by Crippen LogP contribution is 2.50. The third kappa shape index (κ3) is 3.51.